The van der Waals surface area contributed by atoms with Crippen LogP contribution >= 0.6 is 0 Å². The number of amides is 2. The molecule has 0 aliphatic carbocycles. The molecule has 0 bridgehead atoms. The second-order valence-corrected chi connectivity index (χ2v) is 5.78. The summed E-state index contributed by atoms with van der Waals surface area (Å²) < 4.78 is 15.6. The monoisotopic (exact) mass is 366 g/mol. The summed E-state index contributed by atoms with van der Waals surface area (Å²) in [5, 5.41) is 5.66. The van der Waals surface area contributed by atoms with E-state index in [1.807, 2.05) is 0 Å². The summed E-state index contributed by atoms with van der Waals surface area (Å²) in [7, 11) is 0. The minimum Gasteiger partial charge on any atom is -0.454 e. The van der Waals surface area contributed by atoms with Crippen molar-refractivity contribution in [2.45, 2.75) is 0 Å². The molecule has 1 aromatic heterocycles. The molecule has 8 nitrogen and oxygen atoms in total. The number of hydrogen-bond donors (Lipinski definition) is 2. The molecule has 0 radical (unpaired) electrons. The average Bonchev–Trinajstić information content (AvgIpc) is 3.13. The van der Waals surface area contributed by atoms with E-state index in [4.69, 9.17) is 13.9 Å². The van der Waals surface area contributed by atoms with Crippen LogP contribution in [0.3, 0.4) is 0 Å². The minimum absolute atomic E-state index is 0.136. The van der Waals surface area contributed by atoms with Crippen LogP contribution in [0.1, 0.15) is 10.4 Å². The van der Waals surface area contributed by atoms with E-state index >= 15 is 0 Å². The number of benzene rings is 2. The second kappa shape index (κ2) is 6.83. The number of ether oxygens (including phenoxy) is 2. The Morgan fingerprint density at radius 3 is 2.70 bits per heavy atom. The summed E-state index contributed by atoms with van der Waals surface area (Å²) in [4.78, 5) is 36.2. The Morgan fingerprint density at radius 2 is 1.81 bits per heavy atom. The van der Waals surface area contributed by atoms with Crippen molar-refractivity contribution in [1.29, 1.82) is 0 Å². The van der Waals surface area contributed by atoms with Gasteiger partial charge in [-0.05, 0) is 24.3 Å². The molecule has 1 aliphatic rings. The fourth-order valence-electron chi connectivity index (χ4n) is 2.66. The van der Waals surface area contributed by atoms with Gasteiger partial charge in [0.1, 0.15) is 11.1 Å². The SMILES string of the molecule is O=C(CNC(=O)c1cc2ccccc2oc1=O)Nc1ccc2c(c1)OCO2. The zero-order chi connectivity index (χ0) is 18.8. The Hall–Kier alpha value is -3.81. The molecule has 2 aromatic carbocycles. The van der Waals surface area contributed by atoms with Gasteiger partial charge in [0.25, 0.3) is 5.91 Å². The largest absolute Gasteiger partial charge is 0.454 e. The molecule has 3 aromatic rings. The molecule has 4 rings (SSSR count). The van der Waals surface area contributed by atoms with E-state index in [1.165, 1.54) is 6.07 Å². The fraction of sp³-hybridized carbons (Fsp3) is 0.105. The van der Waals surface area contributed by atoms with Crippen molar-refractivity contribution in [3.05, 3.63) is 64.5 Å². The summed E-state index contributed by atoms with van der Waals surface area (Å²) >= 11 is 0. The first-order chi connectivity index (χ1) is 13.1. The number of nitrogens with one attached hydrogen (secondary N) is 2. The van der Waals surface area contributed by atoms with E-state index in [1.54, 1.807) is 42.5 Å². The van der Waals surface area contributed by atoms with Crippen LogP contribution in [0.4, 0.5) is 5.69 Å². The number of anilines is 1. The molecular weight excluding hydrogens is 352 g/mol. The predicted molar refractivity (Wildman–Crippen MR) is 96.0 cm³/mol. The maximum Gasteiger partial charge on any atom is 0.349 e. The lowest BCUT2D eigenvalue weighted by Crippen LogP contribution is -2.35. The zero-order valence-corrected chi connectivity index (χ0v) is 14.0. The Kier molecular flexibility index (Phi) is 4.21. The lowest BCUT2D eigenvalue weighted by molar-refractivity contribution is -0.115. The van der Waals surface area contributed by atoms with Crippen molar-refractivity contribution in [2.24, 2.45) is 0 Å². The van der Waals surface area contributed by atoms with E-state index in [2.05, 4.69) is 10.6 Å². The van der Waals surface area contributed by atoms with Crippen molar-refractivity contribution in [2.75, 3.05) is 18.7 Å². The fourth-order valence-corrected chi connectivity index (χ4v) is 2.66. The molecular formula is C19H14N2O6. The Labute approximate surface area is 152 Å². The summed E-state index contributed by atoms with van der Waals surface area (Å²) in [6.07, 6.45) is 0. The molecule has 1 aliphatic heterocycles. The maximum atomic E-state index is 12.2. The molecule has 0 saturated carbocycles. The number of para-hydroxylation sites is 1. The normalized spacial score (nSPS) is 12.0. The number of hydrogen-bond acceptors (Lipinski definition) is 6. The van der Waals surface area contributed by atoms with Gasteiger partial charge in [0.05, 0.1) is 6.54 Å². The summed E-state index contributed by atoms with van der Waals surface area (Å²) in [6.45, 7) is -0.170. The van der Waals surface area contributed by atoms with Crippen LogP contribution in [-0.4, -0.2) is 25.2 Å². The molecule has 2 N–H and O–H groups in total. The lowest BCUT2D eigenvalue weighted by Gasteiger charge is -2.07. The summed E-state index contributed by atoms with van der Waals surface area (Å²) in [5.74, 6) is -0.00216. The molecule has 136 valence electrons. The van der Waals surface area contributed by atoms with Gasteiger partial charge < -0.3 is 24.5 Å². The Balaban J connectivity index is 1.41. The first kappa shape index (κ1) is 16.6. The van der Waals surface area contributed by atoms with E-state index in [0.29, 0.717) is 28.2 Å². The van der Waals surface area contributed by atoms with Crippen LogP contribution in [0, 0.1) is 0 Å². The van der Waals surface area contributed by atoms with E-state index < -0.39 is 17.4 Å². The third-order valence-corrected chi connectivity index (χ3v) is 3.95. The Morgan fingerprint density at radius 1 is 1.00 bits per heavy atom. The standard InChI is InChI=1S/C19H14N2O6/c22-17(21-12-5-6-15-16(8-12)26-10-25-15)9-20-18(23)13-7-11-3-1-2-4-14(11)27-19(13)24/h1-8H,9-10H2,(H,20,23)(H,21,22). The molecule has 0 spiro atoms. The molecule has 27 heavy (non-hydrogen) atoms. The molecule has 2 amide bonds. The van der Waals surface area contributed by atoms with Gasteiger partial charge in [-0.2, -0.15) is 0 Å². The van der Waals surface area contributed by atoms with Crippen LogP contribution < -0.4 is 25.7 Å². The maximum absolute atomic E-state index is 12.2. The van der Waals surface area contributed by atoms with Gasteiger partial charge in [0.2, 0.25) is 12.7 Å². The van der Waals surface area contributed by atoms with E-state index in [0.717, 1.165) is 0 Å². The van der Waals surface area contributed by atoms with Crippen LogP contribution in [0.15, 0.2) is 57.7 Å². The van der Waals surface area contributed by atoms with Crippen LogP contribution in [-0.2, 0) is 4.79 Å². The molecule has 0 saturated heterocycles. The summed E-state index contributed by atoms with van der Waals surface area (Å²) in [6, 6.07) is 13.3. The van der Waals surface area contributed by atoms with Crippen LogP contribution in [0.25, 0.3) is 11.0 Å². The van der Waals surface area contributed by atoms with Gasteiger partial charge >= 0.3 is 5.63 Å². The smallest absolute Gasteiger partial charge is 0.349 e. The number of fused-ring (bicyclic) bond motifs is 2. The topological polar surface area (TPSA) is 107 Å². The highest BCUT2D eigenvalue weighted by atomic mass is 16.7. The second-order valence-electron chi connectivity index (χ2n) is 5.78. The highest BCUT2D eigenvalue weighted by molar-refractivity contribution is 6.00. The molecule has 8 heteroatoms. The lowest BCUT2D eigenvalue weighted by atomic mass is 10.2. The van der Waals surface area contributed by atoms with Crippen molar-refractivity contribution in [3.8, 4) is 11.5 Å². The first-order valence-corrected chi connectivity index (χ1v) is 8.11. The van der Waals surface area contributed by atoms with Gasteiger partial charge in [-0.3, -0.25) is 9.59 Å². The molecule has 2 heterocycles. The van der Waals surface area contributed by atoms with Crippen molar-refractivity contribution in [3.63, 3.8) is 0 Å². The van der Waals surface area contributed by atoms with Crippen molar-refractivity contribution < 1.29 is 23.5 Å². The highest BCUT2D eigenvalue weighted by Gasteiger charge is 2.16. The molecule has 0 atom stereocenters. The first-order valence-electron chi connectivity index (χ1n) is 8.11. The van der Waals surface area contributed by atoms with Crippen LogP contribution in [0.2, 0.25) is 0 Å². The highest BCUT2D eigenvalue weighted by Crippen LogP contribution is 2.34. The zero-order valence-electron chi connectivity index (χ0n) is 14.0. The van der Waals surface area contributed by atoms with Crippen molar-refractivity contribution >= 4 is 28.5 Å². The third-order valence-electron chi connectivity index (χ3n) is 3.95. The predicted octanol–water partition coefficient (Wildman–Crippen LogP) is 1.89. The minimum atomic E-state index is -0.762. The van der Waals surface area contributed by atoms with Gasteiger partial charge in [0, 0.05) is 17.1 Å². The van der Waals surface area contributed by atoms with Gasteiger partial charge in [-0.1, -0.05) is 18.2 Å². The van der Waals surface area contributed by atoms with Gasteiger partial charge in [0.15, 0.2) is 11.5 Å². The molecule has 0 fully saturated rings. The van der Waals surface area contributed by atoms with E-state index in [-0.39, 0.29) is 18.9 Å². The average molecular weight is 366 g/mol. The summed E-state index contributed by atoms with van der Waals surface area (Å²) in [5.41, 5.74) is -0.0322. The molecule has 0 unspecified atom stereocenters. The van der Waals surface area contributed by atoms with Gasteiger partial charge in [-0.15, -0.1) is 0 Å². The van der Waals surface area contributed by atoms with Crippen LogP contribution in [0.5, 0.6) is 11.5 Å². The number of rotatable bonds is 4. The number of carbonyl (C=O) groups excluding carboxylic acids is 2. The Bertz CT molecular complexity index is 1100. The van der Waals surface area contributed by atoms with Crippen molar-refractivity contribution in [1.82, 2.24) is 5.32 Å². The van der Waals surface area contributed by atoms with E-state index in [9.17, 15) is 14.4 Å². The number of carbonyl (C=O) groups is 2. The van der Waals surface area contributed by atoms with Gasteiger partial charge in [-0.25, -0.2) is 4.79 Å². The quantitative estimate of drug-likeness (QED) is 0.683. The third kappa shape index (κ3) is 3.45.